The van der Waals surface area contributed by atoms with Crippen molar-refractivity contribution in [2.45, 2.75) is 31.0 Å². The Morgan fingerprint density at radius 2 is 2.08 bits per heavy atom. The number of aromatic nitrogens is 2. The molecule has 2 heterocycles. The second-order valence-electron chi connectivity index (χ2n) is 5.50. The molecule has 0 bridgehead atoms. The van der Waals surface area contributed by atoms with E-state index >= 15 is 0 Å². The van der Waals surface area contributed by atoms with E-state index in [9.17, 15) is 28.3 Å². The third-order valence-electron chi connectivity index (χ3n) is 3.43. The number of rotatable bonds is 6. The van der Waals surface area contributed by atoms with Crippen molar-refractivity contribution in [2.75, 3.05) is 12.3 Å². The zero-order valence-electron chi connectivity index (χ0n) is 13.1. The molecule has 6 N–H and O–H groups in total. The molecule has 3 unspecified atom stereocenters. The first-order valence-electron chi connectivity index (χ1n) is 6.84. The van der Waals surface area contributed by atoms with Crippen molar-refractivity contribution in [2.24, 2.45) is 0 Å². The smallest absolute Gasteiger partial charge is 0.387 e. The molecule has 5 atom stereocenters. The van der Waals surface area contributed by atoms with E-state index in [0.29, 0.717) is 4.57 Å². The van der Waals surface area contributed by atoms with Crippen molar-refractivity contribution in [1.82, 2.24) is 9.55 Å². The summed E-state index contributed by atoms with van der Waals surface area (Å²) in [5, 5.41) is 10.0. The van der Waals surface area contributed by atoms with Gasteiger partial charge in [0.05, 0.1) is 6.61 Å². The van der Waals surface area contributed by atoms with Crippen molar-refractivity contribution >= 4 is 21.5 Å². The second-order valence-corrected chi connectivity index (χ2v) is 8.33. The highest BCUT2D eigenvalue weighted by molar-refractivity contribution is 7.60. The first kappa shape index (κ1) is 21.1. The zero-order valence-corrected chi connectivity index (χ0v) is 14.9. The Bertz CT molecular complexity index is 826. The number of phosphoric ester groups is 1. The highest BCUT2D eigenvalue weighted by atomic mass is 31.3. The SMILES string of the molecule is CC1(F)C(O)[C@@H](COP(=O)(O)OP(=O)(O)O)O[C@H]1n1ccc(N)nc1=O. The molecular formula is C10H16FN3O10P2. The topological polar surface area (TPSA) is 204 Å². The Hall–Kier alpha value is -1.21. The van der Waals surface area contributed by atoms with E-state index in [1.165, 1.54) is 6.07 Å². The van der Waals surface area contributed by atoms with Crippen LogP contribution in [0.5, 0.6) is 0 Å². The van der Waals surface area contributed by atoms with Crippen LogP contribution in [0.15, 0.2) is 17.1 Å². The largest absolute Gasteiger partial charge is 0.481 e. The fourth-order valence-electron chi connectivity index (χ4n) is 2.28. The van der Waals surface area contributed by atoms with Gasteiger partial charge in [-0.1, -0.05) is 0 Å². The number of alkyl halides is 1. The number of halogens is 1. The number of aliphatic hydroxyl groups excluding tert-OH is 1. The molecule has 2 rings (SSSR count). The van der Waals surface area contributed by atoms with Gasteiger partial charge in [-0.05, 0) is 13.0 Å². The molecule has 0 aliphatic carbocycles. The third kappa shape index (κ3) is 4.74. The standard InChI is InChI=1S/C10H16FN3O10P2/c1-10(11)7(15)5(4-22-26(20,21)24-25(17,18)19)23-8(10)14-3-2-6(12)13-9(14)16/h2-3,5,7-8,15H,4H2,1H3,(H,20,21)(H2,12,13,16)(H2,17,18,19)/t5-,7?,8-,10?/m1/s1. The maximum Gasteiger partial charge on any atom is 0.481 e. The first-order valence-corrected chi connectivity index (χ1v) is 9.87. The number of aliphatic hydroxyl groups is 1. The van der Waals surface area contributed by atoms with Gasteiger partial charge in [-0.15, -0.1) is 0 Å². The fourth-order valence-corrected chi connectivity index (χ4v) is 3.88. The predicted octanol–water partition coefficient (Wildman–Crippen LogP) is -0.962. The highest BCUT2D eigenvalue weighted by Crippen LogP contribution is 2.58. The lowest BCUT2D eigenvalue weighted by atomic mass is 9.98. The summed E-state index contributed by atoms with van der Waals surface area (Å²) >= 11 is 0. The minimum atomic E-state index is -5.34. The maximum absolute atomic E-state index is 14.8. The summed E-state index contributed by atoms with van der Waals surface area (Å²) in [7, 11) is -10.6. The van der Waals surface area contributed by atoms with Crippen LogP contribution in [-0.2, 0) is 22.7 Å². The molecule has 0 amide bonds. The van der Waals surface area contributed by atoms with Gasteiger partial charge >= 0.3 is 21.3 Å². The van der Waals surface area contributed by atoms with E-state index in [0.717, 1.165) is 13.1 Å². The van der Waals surface area contributed by atoms with Crippen LogP contribution in [0.25, 0.3) is 0 Å². The molecular weight excluding hydrogens is 403 g/mol. The lowest BCUT2D eigenvalue weighted by Crippen LogP contribution is -2.43. The van der Waals surface area contributed by atoms with E-state index in [-0.39, 0.29) is 5.82 Å². The molecule has 0 aromatic carbocycles. The molecule has 1 aromatic rings. The van der Waals surface area contributed by atoms with Crippen molar-refractivity contribution < 1.29 is 46.9 Å². The van der Waals surface area contributed by atoms with Crippen LogP contribution in [0, 0.1) is 0 Å². The van der Waals surface area contributed by atoms with Crippen molar-refractivity contribution in [1.29, 1.82) is 0 Å². The van der Waals surface area contributed by atoms with Gasteiger partial charge in [0.15, 0.2) is 11.9 Å². The van der Waals surface area contributed by atoms with Crippen LogP contribution in [0.4, 0.5) is 10.2 Å². The molecule has 1 saturated heterocycles. The monoisotopic (exact) mass is 419 g/mol. The summed E-state index contributed by atoms with van der Waals surface area (Å²) in [4.78, 5) is 41.4. The van der Waals surface area contributed by atoms with E-state index in [1.807, 2.05) is 0 Å². The normalized spacial score (nSPS) is 31.7. The molecule has 1 fully saturated rings. The molecule has 0 saturated carbocycles. The van der Waals surface area contributed by atoms with Crippen molar-refractivity contribution in [3.63, 3.8) is 0 Å². The van der Waals surface area contributed by atoms with Gasteiger partial charge in [-0.25, -0.2) is 18.3 Å². The van der Waals surface area contributed by atoms with Crippen LogP contribution in [0.2, 0.25) is 0 Å². The van der Waals surface area contributed by atoms with Gasteiger partial charge in [0.2, 0.25) is 0 Å². The van der Waals surface area contributed by atoms with Crippen molar-refractivity contribution in [3.8, 4) is 0 Å². The van der Waals surface area contributed by atoms with Gasteiger partial charge < -0.3 is 30.3 Å². The maximum atomic E-state index is 14.8. The lowest BCUT2D eigenvalue weighted by Gasteiger charge is -2.24. The predicted molar refractivity (Wildman–Crippen MR) is 81.2 cm³/mol. The summed E-state index contributed by atoms with van der Waals surface area (Å²) in [5.74, 6) is -0.124. The quantitative estimate of drug-likeness (QED) is 0.354. The Kier molecular flexibility index (Phi) is 5.74. The summed E-state index contributed by atoms with van der Waals surface area (Å²) < 4.78 is 50.6. The molecule has 26 heavy (non-hydrogen) atoms. The molecule has 1 aliphatic rings. The molecule has 1 aliphatic heterocycles. The summed E-state index contributed by atoms with van der Waals surface area (Å²) in [6.45, 7) is -0.0576. The third-order valence-corrected chi connectivity index (χ3v) is 5.58. The molecule has 1 aromatic heterocycles. The van der Waals surface area contributed by atoms with Crippen LogP contribution < -0.4 is 11.4 Å². The number of phosphoric acid groups is 2. The van der Waals surface area contributed by atoms with Gasteiger partial charge in [-0.3, -0.25) is 9.09 Å². The minimum Gasteiger partial charge on any atom is -0.387 e. The molecule has 13 nitrogen and oxygen atoms in total. The summed E-state index contributed by atoms with van der Waals surface area (Å²) in [6, 6.07) is 1.19. The zero-order chi connectivity index (χ0) is 19.9. The van der Waals surface area contributed by atoms with Gasteiger partial charge in [0, 0.05) is 6.20 Å². The van der Waals surface area contributed by atoms with Gasteiger partial charge in [-0.2, -0.15) is 9.29 Å². The highest BCUT2D eigenvalue weighted by Gasteiger charge is 2.55. The molecule has 148 valence electrons. The lowest BCUT2D eigenvalue weighted by molar-refractivity contribution is -0.0603. The molecule has 0 spiro atoms. The van der Waals surface area contributed by atoms with Crippen LogP contribution in [-0.4, -0.2) is 53.8 Å². The van der Waals surface area contributed by atoms with E-state index in [4.69, 9.17) is 20.3 Å². The van der Waals surface area contributed by atoms with Gasteiger partial charge in [0.1, 0.15) is 18.0 Å². The van der Waals surface area contributed by atoms with E-state index in [2.05, 4.69) is 13.8 Å². The van der Waals surface area contributed by atoms with E-state index < -0.39 is 52.0 Å². The number of hydrogen-bond donors (Lipinski definition) is 5. The fraction of sp³-hybridized carbons (Fsp3) is 0.600. The van der Waals surface area contributed by atoms with E-state index in [1.54, 1.807) is 0 Å². The molecule has 0 radical (unpaired) electrons. The van der Waals surface area contributed by atoms with Crippen LogP contribution in [0.3, 0.4) is 0 Å². The average Bonchev–Trinajstić information content (AvgIpc) is 2.66. The Labute approximate surface area is 145 Å². The number of anilines is 1. The number of nitrogens with two attached hydrogens (primary N) is 1. The second kappa shape index (κ2) is 7.08. The number of ether oxygens (including phenoxy) is 1. The summed E-state index contributed by atoms with van der Waals surface area (Å²) in [5.41, 5.74) is 1.82. The Morgan fingerprint density at radius 1 is 1.46 bits per heavy atom. The van der Waals surface area contributed by atoms with Crippen molar-refractivity contribution in [3.05, 3.63) is 22.7 Å². The average molecular weight is 419 g/mol. The number of nitrogens with zero attached hydrogens (tertiary/aromatic N) is 2. The summed E-state index contributed by atoms with van der Waals surface area (Å²) in [6.07, 6.45) is -4.09. The Morgan fingerprint density at radius 3 is 2.62 bits per heavy atom. The molecule has 16 heteroatoms. The van der Waals surface area contributed by atoms with Gasteiger partial charge in [0.25, 0.3) is 0 Å². The number of nitrogen functional groups attached to an aromatic ring is 1. The van der Waals surface area contributed by atoms with Crippen LogP contribution >= 0.6 is 15.6 Å². The number of hydrogen-bond acceptors (Lipinski definition) is 9. The first-order chi connectivity index (χ1) is 11.7. The Balaban J connectivity index is 2.17. The van der Waals surface area contributed by atoms with Crippen LogP contribution in [0.1, 0.15) is 13.2 Å². The minimum absolute atomic E-state index is 0.124.